The van der Waals surface area contributed by atoms with Gasteiger partial charge < -0.3 is 5.11 Å². The molecule has 0 heterocycles. The third-order valence-electron chi connectivity index (χ3n) is 2.94. The lowest BCUT2D eigenvalue weighted by molar-refractivity contribution is -0.132. The average Bonchev–Trinajstić information content (AvgIpc) is 2.24. The highest BCUT2D eigenvalue weighted by molar-refractivity contribution is 5.90. The molecule has 1 rings (SSSR count). The van der Waals surface area contributed by atoms with E-state index < -0.39 is 5.97 Å². The van der Waals surface area contributed by atoms with E-state index in [0.29, 0.717) is 0 Å². The summed E-state index contributed by atoms with van der Waals surface area (Å²) in [4.78, 5) is 10.8. The minimum atomic E-state index is -0.877. The Morgan fingerprint density at radius 1 is 1.13 bits per heavy atom. The van der Waals surface area contributed by atoms with Crippen LogP contribution in [0.5, 0.6) is 0 Å². The summed E-state index contributed by atoms with van der Waals surface area (Å²) in [5, 5.41) is 8.88. The number of aliphatic carboxylic acids is 1. The fourth-order valence-corrected chi connectivity index (χ4v) is 1.96. The molecule has 0 amide bonds. The minimum Gasteiger partial charge on any atom is -0.478 e. The second kappa shape index (κ2) is 6.44. The molecule has 0 saturated carbocycles. The van der Waals surface area contributed by atoms with E-state index in [0.717, 1.165) is 24.8 Å². The number of carboxylic acids is 1. The molecule has 0 aromatic rings. The van der Waals surface area contributed by atoms with E-state index in [1.807, 2.05) is 0 Å². The maximum atomic E-state index is 10.8. The molecule has 0 spiro atoms. The Kier molecular flexibility index (Phi) is 5.16. The number of hydrogen-bond acceptors (Lipinski definition) is 1. The molecule has 2 heteroatoms. The highest BCUT2D eigenvalue weighted by Crippen LogP contribution is 2.21. The second-order valence-electron chi connectivity index (χ2n) is 4.17. The standard InChI is InChI=1S/C13H20O2/c1-11(13(14)15)12-9-7-5-3-2-4-6-8-10-12/h9H,1-8,10H2,(H,14,15). The number of carbonyl (C=O) groups is 1. The lowest BCUT2D eigenvalue weighted by Crippen LogP contribution is -2.03. The minimum absolute atomic E-state index is 0.288. The highest BCUT2D eigenvalue weighted by Gasteiger charge is 2.10. The molecular weight excluding hydrogens is 188 g/mol. The smallest absolute Gasteiger partial charge is 0.335 e. The van der Waals surface area contributed by atoms with E-state index >= 15 is 0 Å². The molecule has 84 valence electrons. The summed E-state index contributed by atoms with van der Waals surface area (Å²) in [5.41, 5.74) is 1.24. The van der Waals surface area contributed by atoms with E-state index in [9.17, 15) is 4.79 Å². The summed E-state index contributed by atoms with van der Waals surface area (Å²) >= 11 is 0. The Bertz CT molecular complexity index is 264. The van der Waals surface area contributed by atoms with Crippen molar-refractivity contribution in [3.8, 4) is 0 Å². The summed E-state index contributed by atoms with van der Waals surface area (Å²) in [5.74, 6) is -0.877. The quantitative estimate of drug-likeness (QED) is 0.703. The van der Waals surface area contributed by atoms with E-state index in [1.54, 1.807) is 0 Å². The third kappa shape index (κ3) is 4.32. The van der Waals surface area contributed by atoms with Gasteiger partial charge in [0.1, 0.15) is 0 Å². The predicted molar refractivity (Wildman–Crippen MR) is 61.8 cm³/mol. The van der Waals surface area contributed by atoms with Gasteiger partial charge in [0.15, 0.2) is 0 Å². The van der Waals surface area contributed by atoms with E-state index in [2.05, 4.69) is 12.7 Å². The molecule has 0 fully saturated rings. The third-order valence-corrected chi connectivity index (χ3v) is 2.94. The lowest BCUT2D eigenvalue weighted by atomic mass is 9.96. The van der Waals surface area contributed by atoms with Crippen molar-refractivity contribution in [2.75, 3.05) is 0 Å². The molecule has 2 nitrogen and oxygen atoms in total. The van der Waals surface area contributed by atoms with Crippen molar-refractivity contribution in [1.82, 2.24) is 0 Å². The summed E-state index contributed by atoms with van der Waals surface area (Å²) in [6.45, 7) is 3.64. The summed E-state index contributed by atoms with van der Waals surface area (Å²) in [6, 6.07) is 0. The van der Waals surface area contributed by atoms with Gasteiger partial charge in [-0.1, -0.05) is 38.3 Å². The van der Waals surface area contributed by atoms with Gasteiger partial charge in [-0.15, -0.1) is 0 Å². The van der Waals surface area contributed by atoms with Gasteiger partial charge in [0.2, 0.25) is 0 Å². The van der Waals surface area contributed by atoms with Crippen molar-refractivity contribution in [2.45, 2.75) is 51.4 Å². The van der Waals surface area contributed by atoms with Gasteiger partial charge in [-0.2, -0.15) is 0 Å². The first-order valence-electron chi connectivity index (χ1n) is 5.83. The molecule has 0 aliphatic heterocycles. The maximum Gasteiger partial charge on any atom is 0.335 e. The van der Waals surface area contributed by atoms with Crippen LogP contribution in [0.15, 0.2) is 23.8 Å². The average molecular weight is 208 g/mol. The number of allylic oxidation sites excluding steroid dienone is 1. The van der Waals surface area contributed by atoms with Gasteiger partial charge in [-0.25, -0.2) is 4.79 Å². The van der Waals surface area contributed by atoms with Gasteiger partial charge in [-0.3, -0.25) is 0 Å². The van der Waals surface area contributed by atoms with Crippen LogP contribution in [0.3, 0.4) is 0 Å². The van der Waals surface area contributed by atoms with Gasteiger partial charge >= 0.3 is 5.97 Å². The molecule has 15 heavy (non-hydrogen) atoms. The van der Waals surface area contributed by atoms with Crippen molar-refractivity contribution >= 4 is 5.97 Å². The Morgan fingerprint density at radius 2 is 1.73 bits per heavy atom. The Hall–Kier alpha value is -1.05. The molecule has 0 saturated heterocycles. The molecule has 0 radical (unpaired) electrons. The van der Waals surface area contributed by atoms with E-state index in [1.165, 1.54) is 32.1 Å². The number of carboxylic acid groups (broad SMARTS) is 1. The molecule has 0 bridgehead atoms. The molecule has 1 aliphatic carbocycles. The van der Waals surface area contributed by atoms with Gasteiger partial charge in [0.25, 0.3) is 0 Å². The van der Waals surface area contributed by atoms with Crippen LogP contribution in [0.25, 0.3) is 0 Å². The zero-order chi connectivity index (χ0) is 11.1. The SMILES string of the molecule is C=C(C(=O)O)C1=CCCCCCCCC1. The van der Waals surface area contributed by atoms with Crippen molar-refractivity contribution < 1.29 is 9.90 Å². The summed E-state index contributed by atoms with van der Waals surface area (Å²) in [6.07, 6.45) is 11.3. The van der Waals surface area contributed by atoms with Crippen LogP contribution in [0.4, 0.5) is 0 Å². The number of rotatable bonds is 2. The van der Waals surface area contributed by atoms with E-state index in [-0.39, 0.29) is 5.57 Å². The van der Waals surface area contributed by atoms with Crippen LogP contribution in [-0.4, -0.2) is 11.1 Å². The number of hydrogen-bond donors (Lipinski definition) is 1. The molecular formula is C13H20O2. The summed E-state index contributed by atoms with van der Waals surface area (Å²) < 4.78 is 0. The first-order chi connectivity index (χ1) is 7.22. The van der Waals surface area contributed by atoms with Crippen molar-refractivity contribution in [3.63, 3.8) is 0 Å². The van der Waals surface area contributed by atoms with Crippen molar-refractivity contribution in [1.29, 1.82) is 0 Å². The Morgan fingerprint density at radius 3 is 2.40 bits per heavy atom. The Balaban J connectivity index is 2.60. The van der Waals surface area contributed by atoms with Crippen LogP contribution in [0, 0.1) is 0 Å². The largest absolute Gasteiger partial charge is 0.478 e. The predicted octanol–water partition coefficient (Wildman–Crippen LogP) is 3.69. The fourth-order valence-electron chi connectivity index (χ4n) is 1.96. The van der Waals surface area contributed by atoms with Gasteiger partial charge in [-0.05, 0) is 31.3 Å². The molecule has 1 aliphatic rings. The fraction of sp³-hybridized carbons (Fsp3) is 0.615. The van der Waals surface area contributed by atoms with Crippen molar-refractivity contribution in [2.24, 2.45) is 0 Å². The first-order valence-corrected chi connectivity index (χ1v) is 5.83. The van der Waals surface area contributed by atoms with Crippen LogP contribution in [-0.2, 0) is 4.79 Å². The molecule has 1 N–H and O–H groups in total. The zero-order valence-electron chi connectivity index (χ0n) is 9.30. The van der Waals surface area contributed by atoms with E-state index in [4.69, 9.17) is 5.11 Å². The normalized spacial score (nSPS) is 19.1. The first kappa shape index (κ1) is 12.0. The van der Waals surface area contributed by atoms with Crippen LogP contribution >= 0.6 is 0 Å². The second-order valence-corrected chi connectivity index (χ2v) is 4.17. The molecule has 0 aromatic heterocycles. The summed E-state index contributed by atoms with van der Waals surface area (Å²) in [7, 11) is 0. The van der Waals surface area contributed by atoms with Crippen LogP contribution < -0.4 is 0 Å². The Labute approximate surface area is 91.7 Å². The van der Waals surface area contributed by atoms with Crippen LogP contribution in [0.2, 0.25) is 0 Å². The topological polar surface area (TPSA) is 37.3 Å². The van der Waals surface area contributed by atoms with Crippen LogP contribution in [0.1, 0.15) is 51.4 Å². The molecule has 0 unspecified atom stereocenters. The monoisotopic (exact) mass is 208 g/mol. The van der Waals surface area contributed by atoms with Gasteiger partial charge in [0, 0.05) is 0 Å². The highest BCUT2D eigenvalue weighted by atomic mass is 16.4. The van der Waals surface area contributed by atoms with Gasteiger partial charge in [0.05, 0.1) is 5.57 Å². The molecule has 0 aromatic carbocycles. The lowest BCUT2D eigenvalue weighted by Gasteiger charge is -2.10. The van der Waals surface area contributed by atoms with Crippen molar-refractivity contribution in [3.05, 3.63) is 23.8 Å². The zero-order valence-corrected chi connectivity index (χ0v) is 9.30. The maximum absolute atomic E-state index is 10.8. The molecule has 0 atom stereocenters.